The molecule has 0 bridgehead atoms. The zero-order chi connectivity index (χ0) is 16.7. The predicted octanol–water partition coefficient (Wildman–Crippen LogP) is 3.14. The molecule has 6 nitrogen and oxygen atoms in total. The molecular weight excluding hydrogens is 302 g/mol. The molecule has 4 N–H and O–H groups in total. The third kappa shape index (κ3) is 2.56. The van der Waals surface area contributed by atoms with E-state index in [9.17, 15) is 0 Å². The van der Waals surface area contributed by atoms with Crippen LogP contribution in [-0.4, -0.2) is 28.1 Å². The summed E-state index contributed by atoms with van der Waals surface area (Å²) in [6, 6.07) is 10.1. The van der Waals surface area contributed by atoms with E-state index in [0.717, 1.165) is 51.9 Å². The first-order valence-electron chi connectivity index (χ1n) is 7.92. The van der Waals surface area contributed by atoms with Crippen LogP contribution in [0.3, 0.4) is 0 Å². The van der Waals surface area contributed by atoms with Crippen molar-refractivity contribution in [3.63, 3.8) is 0 Å². The van der Waals surface area contributed by atoms with Gasteiger partial charge in [0.25, 0.3) is 0 Å². The van der Waals surface area contributed by atoms with Crippen LogP contribution in [0.15, 0.2) is 30.3 Å². The highest BCUT2D eigenvalue weighted by Crippen LogP contribution is 2.36. The number of imidazole rings is 1. The number of nitrogen functional groups attached to an aromatic ring is 1. The summed E-state index contributed by atoms with van der Waals surface area (Å²) in [4.78, 5) is 12.1. The van der Waals surface area contributed by atoms with Gasteiger partial charge in [-0.05, 0) is 44.2 Å². The van der Waals surface area contributed by atoms with Crippen molar-refractivity contribution in [2.24, 2.45) is 0 Å². The van der Waals surface area contributed by atoms with Crippen LogP contribution in [0.1, 0.15) is 11.4 Å². The van der Waals surface area contributed by atoms with Gasteiger partial charge in [0.15, 0.2) is 5.95 Å². The molecular formula is C18H19N5O. The topological polar surface area (TPSA) is 88.9 Å². The molecule has 1 aliphatic heterocycles. The standard InChI is InChI=1S/C18H19N5O/c1-10-7-13(8-11(2)21-10)17-16(22-18(19)23-17)12-3-4-15-14(9-12)20-5-6-24-15/h3-4,7-9,20H,5-6H2,1-2H3,(H3,19,22,23). The summed E-state index contributed by atoms with van der Waals surface area (Å²) in [6.45, 7) is 5.45. The lowest BCUT2D eigenvalue weighted by molar-refractivity contribution is 0.323. The van der Waals surface area contributed by atoms with E-state index in [1.54, 1.807) is 0 Å². The summed E-state index contributed by atoms with van der Waals surface area (Å²) in [5, 5.41) is 3.35. The smallest absolute Gasteiger partial charge is 0.198 e. The first kappa shape index (κ1) is 14.6. The Hall–Kier alpha value is -3.02. The molecule has 0 saturated heterocycles. The number of hydrogen-bond acceptors (Lipinski definition) is 5. The summed E-state index contributed by atoms with van der Waals surface area (Å²) >= 11 is 0. The average molecular weight is 321 g/mol. The van der Waals surface area contributed by atoms with Gasteiger partial charge >= 0.3 is 0 Å². The minimum Gasteiger partial charge on any atom is -0.490 e. The molecule has 6 heteroatoms. The molecule has 0 spiro atoms. The Balaban J connectivity index is 1.85. The molecule has 0 amide bonds. The third-order valence-electron chi connectivity index (χ3n) is 4.02. The monoisotopic (exact) mass is 321 g/mol. The van der Waals surface area contributed by atoms with Crippen molar-refractivity contribution in [2.75, 3.05) is 24.2 Å². The number of anilines is 2. The number of ether oxygens (including phenoxy) is 1. The minimum atomic E-state index is 0.397. The van der Waals surface area contributed by atoms with Gasteiger partial charge in [0.05, 0.1) is 17.1 Å². The van der Waals surface area contributed by atoms with Crippen molar-refractivity contribution in [3.05, 3.63) is 41.7 Å². The van der Waals surface area contributed by atoms with Crippen molar-refractivity contribution in [1.82, 2.24) is 15.0 Å². The molecule has 0 atom stereocenters. The predicted molar refractivity (Wildman–Crippen MR) is 95.1 cm³/mol. The number of benzene rings is 1. The molecule has 0 saturated carbocycles. The van der Waals surface area contributed by atoms with Crippen molar-refractivity contribution >= 4 is 11.6 Å². The number of H-pyrrole nitrogens is 1. The number of nitrogens with two attached hydrogens (primary N) is 1. The van der Waals surface area contributed by atoms with Crippen LogP contribution in [0, 0.1) is 13.8 Å². The van der Waals surface area contributed by atoms with Crippen LogP contribution in [-0.2, 0) is 0 Å². The molecule has 2 aromatic heterocycles. The molecule has 0 aliphatic carbocycles. The Kier molecular flexibility index (Phi) is 3.37. The number of pyridine rings is 1. The van der Waals surface area contributed by atoms with E-state index in [0.29, 0.717) is 12.6 Å². The zero-order valence-electron chi connectivity index (χ0n) is 13.7. The first-order chi connectivity index (χ1) is 11.6. The number of aryl methyl sites for hydroxylation is 2. The second-order valence-electron chi connectivity index (χ2n) is 5.97. The van der Waals surface area contributed by atoms with E-state index < -0.39 is 0 Å². The molecule has 0 fully saturated rings. The second-order valence-corrected chi connectivity index (χ2v) is 5.97. The van der Waals surface area contributed by atoms with Crippen molar-refractivity contribution < 1.29 is 4.74 Å². The van der Waals surface area contributed by atoms with Crippen molar-refractivity contribution in [2.45, 2.75) is 13.8 Å². The Labute approximate surface area is 140 Å². The number of rotatable bonds is 2. The Bertz CT molecular complexity index is 896. The summed E-state index contributed by atoms with van der Waals surface area (Å²) in [5.74, 6) is 1.26. The van der Waals surface area contributed by atoms with Gasteiger partial charge < -0.3 is 20.8 Å². The van der Waals surface area contributed by atoms with Gasteiger partial charge in [0.1, 0.15) is 12.4 Å². The number of nitrogens with zero attached hydrogens (tertiary/aromatic N) is 2. The largest absolute Gasteiger partial charge is 0.490 e. The number of aromatic nitrogens is 3. The van der Waals surface area contributed by atoms with E-state index in [4.69, 9.17) is 10.5 Å². The Morgan fingerprint density at radius 3 is 2.62 bits per heavy atom. The van der Waals surface area contributed by atoms with E-state index in [2.05, 4.69) is 26.3 Å². The van der Waals surface area contributed by atoms with Crippen LogP contribution in [0.25, 0.3) is 22.5 Å². The van der Waals surface area contributed by atoms with E-state index in [1.165, 1.54) is 0 Å². The van der Waals surface area contributed by atoms with Crippen LogP contribution in [0.5, 0.6) is 5.75 Å². The lowest BCUT2D eigenvalue weighted by Crippen LogP contribution is -2.17. The van der Waals surface area contributed by atoms with Gasteiger partial charge in [0.2, 0.25) is 0 Å². The Morgan fingerprint density at radius 1 is 1.04 bits per heavy atom. The average Bonchev–Trinajstić information content (AvgIpc) is 2.95. The fraction of sp³-hybridized carbons (Fsp3) is 0.222. The third-order valence-corrected chi connectivity index (χ3v) is 4.02. The molecule has 1 aliphatic rings. The molecule has 122 valence electrons. The van der Waals surface area contributed by atoms with Crippen LogP contribution >= 0.6 is 0 Å². The number of fused-ring (bicyclic) bond motifs is 1. The molecule has 0 unspecified atom stereocenters. The Morgan fingerprint density at radius 2 is 1.83 bits per heavy atom. The molecule has 3 aromatic rings. The SMILES string of the molecule is Cc1cc(-c2[nH]c(N)nc2-c2ccc3c(c2)NCCO3)cc(C)n1. The van der Waals surface area contributed by atoms with Gasteiger partial charge in [-0.15, -0.1) is 0 Å². The normalized spacial score (nSPS) is 13.1. The lowest BCUT2D eigenvalue weighted by Gasteiger charge is -2.19. The fourth-order valence-electron chi connectivity index (χ4n) is 3.08. The number of nitrogens with one attached hydrogen (secondary N) is 2. The summed E-state index contributed by atoms with van der Waals surface area (Å²) in [7, 11) is 0. The summed E-state index contributed by atoms with van der Waals surface area (Å²) in [5.41, 5.74) is 12.6. The maximum atomic E-state index is 5.95. The quantitative estimate of drug-likeness (QED) is 0.675. The fourth-order valence-corrected chi connectivity index (χ4v) is 3.08. The molecule has 3 heterocycles. The van der Waals surface area contributed by atoms with E-state index in [1.807, 2.05) is 38.1 Å². The molecule has 1 aromatic carbocycles. The summed E-state index contributed by atoms with van der Waals surface area (Å²) in [6.07, 6.45) is 0. The summed E-state index contributed by atoms with van der Waals surface area (Å²) < 4.78 is 5.64. The molecule has 24 heavy (non-hydrogen) atoms. The van der Waals surface area contributed by atoms with E-state index >= 15 is 0 Å². The lowest BCUT2D eigenvalue weighted by atomic mass is 10.0. The molecule has 0 radical (unpaired) electrons. The first-order valence-corrected chi connectivity index (χ1v) is 7.92. The van der Waals surface area contributed by atoms with E-state index in [-0.39, 0.29) is 0 Å². The van der Waals surface area contributed by atoms with Gasteiger partial charge in [-0.3, -0.25) is 4.98 Å². The van der Waals surface area contributed by atoms with Gasteiger partial charge in [-0.25, -0.2) is 4.98 Å². The van der Waals surface area contributed by atoms with Crippen LogP contribution < -0.4 is 15.8 Å². The second kappa shape index (κ2) is 5.56. The molecule has 4 rings (SSSR count). The van der Waals surface area contributed by atoms with Gasteiger partial charge in [0, 0.05) is 29.1 Å². The zero-order valence-corrected chi connectivity index (χ0v) is 13.7. The van der Waals surface area contributed by atoms with Gasteiger partial charge in [-0.2, -0.15) is 0 Å². The maximum absolute atomic E-state index is 5.95. The maximum Gasteiger partial charge on any atom is 0.198 e. The van der Waals surface area contributed by atoms with Crippen molar-refractivity contribution in [3.8, 4) is 28.3 Å². The van der Waals surface area contributed by atoms with Crippen LogP contribution in [0.2, 0.25) is 0 Å². The van der Waals surface area contributed by atoms with Crippen LogP contribution in [0.4, 0.5) is 11.6 Å². The minimum absolute atomic E-state index is 0.397. The highest BCUT2D eigenvalue weighted by Gasteiger charge is 2.17. The number of hydrogen-bond donors (Lipinski definition) is 3. The van der Waals surface area contributed by atoms with Gasteiger partial charge in [-0.1, -0.05) is 0 Å². The highest BCUT2D eigenvalue weighted by atomic mass is 16.5. The number of aromatic amines is 1. The highest BCUT2D eigenvalue weighted by molar-refractivity contribution is 5.82. The van der Waals surface area contributed by atoms with Crippen molar-refractivity contribution in [1.29, 1.82) is 0 Å².